The number of amides is 1. The highest BCUT2D eigenvalue weighted by molar-refractivity contribution is 7.94. The van der Waals surface area contributed by atoms with Gasteiger partial charge in [-0.1, -0.05) is 6.92 Å². The van der Waals surface area contributed by atoms with Gasteiger partial charge in [0.05, 0.1) is 29.0 Å². The average molecular weight is 666 g/mol. The van der Waals surface area contributed by atoms with E-state index in [1.807, 2.05) is 0 Å². The maximum Gasteiger partial charge on any atom is 0.394 e. The maximum absolute atomic E-state index is 13.6. The fraction of sp³-hybridized carbons (Fsp3) is 0.581. The molecule has 5 aliphatic rings. The number of aromatic nitrogens is 1. The Labute approximate surface area is 267 Å². The van der Waals surface area contributed by atoms with Crippen LogP contribution in [0.5, 0.6) is 0 Å². The number of carbonyl (C=O) groups excluding carboxylic acids is 1. The van der Waals surface area contributed by atoms with Crippen LogP contribution in [0.25, 0.3) is 0 Å². The first-order valence-corrected chi connectivity index (χ1v) is 17.1. The van der Waals surface area contributed by atoms with E-state index in [1.165, 1.54) is 30.5 Å². The molecule has 1 saturated heterocycles. The molecular weight excluding hydrogens is 623 g/mol. The number of nitrogens with one attached hydrogen (secondary N) is 2. The number of anilines is 1. The summed E-state index contributed by atoms with van der Waals surface area (Å²) in [6.07, 6.45) is 5.15. The van der Waals surface area contributed by atoms with E-state index in [0.717, 1.165) is 38.0 Å². The quantitative estimate of drug-likeness (QED) is 0.285. The number of aliphatic imine (C=N–C) groups is 1. The van der Waals surface area contributed by atoms with Gasteiger partial charge >= 0.3 is 6.18 Å². The van der Waals surface area contributed by atoms with E-state index in [9.17, 15) is 26.4 Å². The maximum atomic E-state index is 13.6. The van der Waals surface area contributed by atoms with Gasteiger partial charge in [0.15, 0.2) is 11.7 Å². The third-order valence-electron chi connectivity index (χ3n) is 9.59. The number of rotatable bonds is 7. The monoisotopic (exact) mass is 665 g/mol. The van der Waals surface area contributed by atoms with Crippen molar-refractivity contribution in [2.24, 2.45) is 22.1 Å². The Bertz CT molecular complexity index is 1570. The molecule has 0 spiro atoms. The third kappa shape index (κ3) is 7.13. The number of nitrogens with zero attached hydrogens (tertiary/aromatic N) is 4. The second-order valence-corrected chi connectivity index (χ2v) is 14.6. The van der Waals surface area contributed by atoms with Crippen molar-refractivity contribution >= 4 is 33.8 Å². The van der Waals surface area contributed by atoms with Crippen molar-refractivity contribution < 1.29 is 31.1 Å². The van der Waals surface area contributed by atoms with Gasteiger partial charge in [0, 0.05) is 38.0 Å². The standard InChI is InChI=1S/C31H42F3N7O4S/c1-4-29(2)18-21-6-5-15-37-26-10-7-22(20-40(26)3)46(43,44)39-28(42)23-8-9-25(38-27(23)41(29)19-21)36-16-11-24(35)45-17-14-30(12-13-30)31(32,33)34/h7-11,16,21,37H,4-6,12-15,17-20,35H2,1-3H3,(H,39,42). The van der Waals surface area contributed by atoms with Gasteiger partial charge in [-0.15, -0.1) is 0 Å². The van der Waals surface area contributed by atoms with Gasteiger partial charge in [0.25, 0.3) is 15.9 Å². The van der Waals surface area contributed by atoms with Gasteiger partial charge in [-0.3, -0.25) is 4.79 Å². The molecule has 11 nitrogen and oxygen atoms in total. The third-order valence-corrected chi connectivity index (χ3v) is 11.0. The predicted molar refractivity (Wildman–Crippen MR) is 170 cm³/mol. The summed E-state index contributed by atoms with van der Waals surface area (Å²) >= 11 is 0. The van der Waals surface area contributed by atoms with Crippen LogP contribution in [-0.2, 0) is 14.8 Å². The molecule has 5 heterocycles. The zero-order valence-electron chi connectivity index (χ0n) is 26.4. The topological polar surface area (TPSA) is 142 Å². The fourth-order valence-electron chi connectivity index (χ4n) is 6.35. The van der Waals surface area contributed by atoms with Crippen molar-refractivity contribution in [3.05, 3.63) is 52.5 Å². The number of ether oxygens (including phenoxy) is 1. The molecule has 2 atom stereocenters. The largest absolute Gasteiger partial charge is 0.479 e. The summed E-state index contributed by atoms with van der Waals surface area (Å²) in [5, 5.41) is 3.40. The first kappa shape index (κ1) is 33.6. The van der Waals surface area contributed by atoms with Crippen LogP contribution in [0.1, 0.15) is 69.2 Å². The van der Waals surface area contributed by atoms with Crippen molar-refractivity contribution in [2.75, 3.05) is 38.2 Å². The summed E-state index contributed by atoms with van der Waals surface area (Å²) in [5.41, 5.74) is 3.94. The van der Waals surface area contributed by atoms with Gasteiger partial charge in [-0.05, 0) is 82.1 Å². The second kappa shape index (κ2) is 12.8. The number of halogens is 3. The molecule has 252 valence electrons. The highest BCUT2D eigenvalue weighted by atomic mass is 32.2. The van der Waals surface area contributed by atoms with Crippen LogP contribution in [-0.4, -0.2) is 75.4 Å². The Morgan fingerprint density at radius 3 is 2.72 bits per heavy atom. The molecule has 0 radical (unpaired) electrons. The van der Waals surface area contributed by atoms with Gasteiger partial charge in [-0.2, -0.15) is 13.2 Å². The molecule has 2 fully saturated rings. The zero-order valence-corrected chi connectivity index (χ0v) is 27.2. The van der Waals surface area contributed by atoms with E-state index in [1.54, 1.807) is 18.0 Å². The molecular formula is C31H42F3N7O4S. The highest BCUT2D eigenvalue weighted by Crippen LogP contribution is 2.59. The molecule has 6 rings (SSSR count). The Morgan fingerprint density at radius 1 is 1.28 bits per heavy atom. The average Bonchev–Trinajstić information content (AvgIpc) is 3.72. The fourth-order valence-corrected chi connectivity index (χ4v) is 7.45. The van der Waals surface area contributed by atoms with Gasteiger partial charge in [0.2, 0.25) is 0 Å². The second-order valence-electron chi connectivity index (χ2n) is 12.8. The van der Waals surface area contributed by atoms with Crippen molar-refractivity contribution in [2.45, 2.75) is 70.5 Å². The predicted octanol–water partition coefficient (Wildman–Crippen LogP) is 4.44. The molecule has 1 aliphatic carbocycles. The number of pyridine rings is 1. The van der Waals surface area contributed by atoms with Crippen LogP contribution in [0.4, 0.5) is 24.8 Å². The Morgan fingerprint density at radius 2 is 2.04 bits per heavy atom. The summed E-state index contributed by atoms with van der Waals surface area (Å²) in [6, 6.07) is 3.00. The highest BCUT2D eigenvalue weighted by Gasteiger charge is 2.62. The van der Waals surface area contributed by atoms with Crippen LogP contribution in [0.3, 0.4) is 0 Å². The minimum absolute atomic E-state index is 0.0636. The molecule has 2 unspecified atom stereocenters. The van der Waals surface area contributed by atoms with Crippen LogP contribution in [0, 0.1) is 11.3 Å². The summed E-state index contributed by atoms with van der Waals surface area (Å²) < 4.78 is 73.6. The smallest absolute Gasteiger partial charge is 0.394 e. The van der Waals surface area contributed by atoms with Gasteiger partial charge in [-0.25, -0.2) is 23.1 Å². The van der Waals surface area contributed by atoms with E-state index in [0.29, 0.717) is 18.3 Å². The van der Waals surface area contributed by atoms with Crippen LogP contribution < -0.4 is 20.7 Å². The lowest BCUT2D eigenvalue weighted by Crippen LogP contribution is -2.43. The number of allylic oxidation sites excluding steroid dienone is 3. The van der Waals surface area contributed by atoms with Crippen LogP contribution >= 0.6 is 0 Å². The van der Waals surface area contributed by atoms with E-state index in [-0.39, 0.29) is 60.1 Å². The molecule has 46 heavy (non-hydrogen) atoms. The van der Waals surface area contributed by atoms with Crippen LogP contribution in [0.2, 0.25) is 0 Å². The normalized spacial score (nSPS) is 26.3. The minimum atomic E-state index is -4.26. The minimum Gasteiger partial charge on any atom is -0.479 e. The van der Waals surface area contributed by atoms with Crippen molar-refractivity contribution in [3.8, 4) is 0 Å². The summed E-state index contributed by atoms with van der Waals surface area (Å²) in [4.78, 5) is 26.6. The first-order valence-electron chi connectivity index (χ1n) is 15.6. The molecule has 4 bridgehead atoms. The van der Waals surface area contributed by atoms with Gasteiger partial charge in [0.1, 0.15) is 11.6 Å². The van der Waals surface area contributed by atoms with Crippen molar-refractivity contribution in [3.63, 3.8) is 0 Å². The summed E-state index contributed by atoms with van der Waals surface area (Å²) in [7, 11) is -2.36. The van der Waals surface area contributed by atoms with E-state index in [2.05, 4.69) is 33.8 Å². The SMILES string of the molecule is CCC1(C)CC2CCCNC3=CC=C(CN3C)S(=O)(=O)NC(=O)c3ccc(N=CC=C(N)OCCC4(C(F)(F)F)CC4)nc3N1C2. The van der Waals surface area contributed by atoms with Crippen molar-refractivity contribution in [1.82, 2.24) is 19.9 Å². The van der Waals surface area contributed by atoms with Crippen molar-refractivity contribution in [1.29, 1.82) is 0 Å². The first-order chi connectivity index (χ1) is 21.7. The lowest BCUT2D eigenvalue weighted by molar-refractivity contribution is -0.191. The molecule has 0 aromatic carbocycles. The molecule has 1 saturated carbocycles. The summed E-state index contributed by atoms with van der Waals surface area (Å²) in [6.45, 7) is 5.49. The number of alkyl halides is 3. The molecule has 1 aromatic heterocycles. The zero-order chi connectivity index (χ0) is 33.3. The molecule has 1 aromatic rings. The summed E-state index contributed by atoms with van der Waals surface area (Å²) in [5.74, 6) is 0.825. The lowest BCUT2D eigenvalue weighted by Gasteiger charge is -2.36. The molecule has 4 N–H and O–H groups in total. The van der Waals surface area contributed by atoms with E-state index in [4.69, 9.17) is 15.5 Å². The van der Waals surface area contributed by atoms with Gasteiger partial charge < -0.3 is 25.6 Å². The number of carbonyl (C=O) groups is 1. The number of fused-ring (bicyclic) bond motifs is 7. The number of sulfonamides is 1. The van der Waals surface area contributed by atoms with Crippen LogP contribution in [0.15, 0.2) is 52.0 Å². The number of hydrogen-bond donors (Lipinski definition) is 3. The molecule has 4 aliphatic heterocycles. The number of hydrogen-bond acceptors (Lipinski definition) is 10. The Kier molecular flexibility index (Phi) is 9.35. The molecule has 1 amide bonds. The Hall–Kier alpha value is -3.75. The van der Waals surface area contributed by atoms with E-state index < -0.39 is 27.5 Å². The lowest BCUT2D eigenvalue weighted by atomic mass is 9.89. The number of nitrogens with two attached hydrogens (primary N) is 1. The number of likely N-dealkylation sites (N-methyl/N-ethyl adjacent to an activating group) is 1. The van der Waals surface area contributed by atoms with E-state index >= 15 is 0 Å². The Balaban J connectivity index is 1.41. The molecule has 15 heteroatoms.